The van der Waals surface area contributed by atoms with Gasteiger partial charge < -0.3 is 15.4 Å². The van der Waals surface area contributed by atoms with E-state index in [0.29, 0.717) is 17.3 Å². The maximum absolute atomic E-state index is 11.7. The standard InChI is InChI=1S/C18H17ClN2O2/c1-2-23-17-10-8-16(9-11-17)21-18(22)20-12-4-6-14-5-3-7-15(19)13-14/h3,5,7-11,13H,2,12H2,1H3,(H2,20,21,22). The Morgan fingerprint density at radius 1 is 1.22 bits per heavy atom. The molecule has 0 atom stereocenters. The Labute approximate surface area is 140 Å². The van der Waals surface area contributed by atoms with Crippen molar-refractivity contribution in [2.75, 3.05) is 18.5 Å². The maximum Gasteiger partial charge on any atom is 0.319 e. The molecule has 0 saturated heterocycles. The minimum absolute atomic E-state index is 0.245. The van der Waals surface area contributed by atoms with E-state index in [1.807, 2.05) is 19.1 Å². The molecule has 5 heteroatoms. The molecule has 2 rings (SSSR count). The first-order valence-corrected chi connectivity index (χ1v) is 7.57. The van der Waals surface area contributed by atoms with Crippen LogP contribution in [0.4, 0.5) is 10.5 Å². The summed E-state index contributed by atoms with van der Waals surface area (Å²) in [6.07, 6.45) is 0. The number of carbonyl (C=O) groups excluding carboxylic acids is 1. The lowest BCUT2D eigenvalue weighted by atomic mass is 10.2. The van der Waals surface area contributed by atoms with Crippen molar-refractivity contribution in [1.82, 2.24) is 5.32 Å². The van der Waals surface area contributed by atoms with E-state index in [0.717, 1.165) is 11.3 Å². The normalized spacial score (nSPS) is 9.48. The number of ether oxygens (including phenoxy) is 1. The Kier molecular flexibility index (Phi) is 6.34. The van der Waals surface area contributed by atoms with Gasteiger partial charge in [0.1, 0.15) is 5.75 Å². The van der Waals surface area contributed by atoms with Gasteiger partial charge >= 0.3 is 6.03 Å². The molecular weight excluding hydrogens is 312 g/mol. The van der Waals surface area contributed by atoms with E-state index < -0.39 is 0 Å². The quantitative estimate of drug-likeness (QED) is 0.836. The fourth-order valence-electron chi connectivity index (χ4n) is 1.81. The fraction of sp³-hybridized carbons (Fsp3) is 0.167. The highest BCUT2D eigenvalue weighted by Gasteiger charge is 2.00. The van der Waals surface area contributed by atoms with Gasteiger partial charge in [-0.2, -0.15) is 0 Å². The van der Waals surface area contributed by atoms with Crippen LogP contribution in [-0.2, 0) is 0 Å². The number of carbonyl (C=O) groups is 1. The molecule has 2 aromatic carbocycles. The second-order valence-corrected chi connectivity index (χ2v) is 5.01. The molecule has 0 heterocycles. The first kappa shape index (κ1) is 16.7. The molecule has 2 N–H and O–H groups in total. The number of hydrogen-bond donors (Lipinski definition) is 2. The highest BCUT2D eigenvalue weighted by atomic mass is 35.5. The zero-order valence-electron chi connectivity index (χ0n) is 12.7. The van der Waals surface area contributed by atoms with Gasteiger partial charge in [-0.3, -0.25) is 0 Å². The lowest BCUT2D eigenvalue weighted by Crippen LogP contribution is -2.28. The lowest BCUT2D eigenvalue weighted by molar-refractivity contribution is 0.253. The summed E-state index contributed by atoms with van der Waals surface area (Å²) in [6, 6.07) is 14.1. The van der Waals surface area contributed by atoms with Crippen LogP contribution in [0.1, 0.15) is 12.5 Å². The highest BCUT2D eigenvalue weighted by molar-refractivity contribution is 6.30. The summed E-state index contributed by atoms with van der Waals surface area (Å²) in [7, 11) is 0. The van der Waals surface area contributed by atoms with Gasteiger partial charge in [-0.05, 0) is 49.4 Å². The van der Waals surface area contributed by atoms with Crippen LogP contribution in [0.2, 0.25) is 5.02 Å². The van der Waals surface area contributed by atoms with Gasteiger partial charge in [0.25, 0.3) is 0 Å². The van der Waals surface area contributed by atoms with Crippen LogP contribution in [0.5, 0.6) is 5.75 Å². The number of benzene rings is 2. The molecule has 2 aromatic rings. The van der Waals surface area contributed by atoms with E-state index in [1.54, 1.807) is 36.4 Å². The van der Waals surface area contributed by atoms with Crippen LogP contribution < -0.4 is 15.4 Å². The third kappa shape index (κ3) is 5.93. The second-order valence-electron chi connectivity index (χ2n) is 4.58. The van der Waals surface area contributed by atoms with Crippen LogP contribution >= 0.6 is 11.6 Å². The first-order valence-electron chi connectivity index (χ1n) is 7.19. The maximum atomic E-state index is 11.7. The molecule has 0 radical (unpaired) electrons. The molecule has 2 amide bonds. The lowest BCUT2D eigenvalue weighted by Gasteiger charge is -2.07. The summed E-state index contributed by atoms with van der Waals surface area (Å²) >= 11 is 5.87. The summed E-state index contributed by atoms with van der Waals surface area (Å²) in [5, 5.41) is 6.03. The largest absolute Gasteiger partial charge is 0.494 e. The zero-order chi connectivity index (χ0) is 16.5. The van der Waals surface area contributed by atoms with Gasteiger partial charge in [-0.1, -0.05) is 29.5 Å². The minimum Gasteiger partial charge on any atom is -0.494 e. The Morgan fingerprint density at radius 3 is 2.70 bits per heavy atom. The van der Waals surface area contributed by atoms with Crippen LogP contribution in [0, 0.1) is 11.8 Å². The predicted octanol–water partition coefficient (Wildman–Crippen LogP) is 3.91. The third-order valence-electron chi connectivity index (χ3n) is 2.82. The molecule has 4 nitrogen and oxygen atoms in total. The molecule has 0 aromatic heterocycles. The average molecular weight is 329 g/mol. The van der Waals surface area contributed by atoms with Crippen LogP contribution in [0.25, 0.3) is 0 Å². The first-order chi connectivity index (χ1) is 11.2. The van der Waals surface area contributed by atoms with Gasteiger partial charge in [-0.25, -0.2) is 4.79 Å². The molecule has 0 aliphatic rings. The Bertz CT molecular complexity index is 718. The number of nitrogens with one attached hydrogen (secondary N) is 2. The molecule has 0 aliphatic carbocycles. The number of halogens is 1. The summed E-state index contributed by atoms with van der Waals surface area (Å²) in [6.45, 7) is 2.78. The molecule has 23 heavy (non-hydrogen) atoms. The van der Waals surface area contributed by atoms with Crippen LogP contribution in [0.3, 0.4) is 0 Å². The van der Waals surface area contributed by atoms with Crippen molar-refractivity contribution < 1.29 is 9.53 Å². The fourth-order valence-corrected chi connectivity index (χ4v) is 2.00. The van der Waals surface area contributed by atoms with E-state index in [-0.39, 0.29) is 12.6 Å². The molecule has 118 valence electrons. The van der Waals surface area contributed by atoms with Crippen molar-refractivity contribution in [1.29, 1.82) is 0 Å². The molecule has 0 unspecified atom stereocenters. The summed E-state index contributed by atoms with van der Waals surface area (Å²) in [5.74, 6) is 6.57. The zero-order valence-corrected chi connectivity index (χ0v) is 13.5. The van der Waals surface area contributed by atoms with Crippen molar-refractivity contribution in [3.8, 4) is 17.6 Å². The molecule has 0 bridgehead atoms. The highest BCUT2D eigenvalue weighted by Crippen LogP contribution is 2.15. The van der Waals surface area contributed by atoms with Crippen LogP contribution in [-0.4, -0.2) is 19.2 Å². The molecule has 0 saturated carbocycles. The minimum atomic E-state index is -0.311. The van der Waals surface area contributed by atoms with Gasteiger partial charge in [0.15, 0.2) is 0 Å². The summed E-state index contributed by atoms with van der Waals surface area (Å²) in [4.78, 5) is 11.7. The summed E-state index contributed by atoms with van der Waals surface area (Å²) < 4.78 is 5.34. The SMILES string of the molecule is CCOc1ccc(NC(=O)NCC#Cc2cccc(Cl)c2)cc1. The van der Waals surface area contributed by atoms with Crippen molar-refractivity contribution in [3.63, 3.8) is 0 Å². The Morgan fingerprint density at radius 2 is 2.00 bits per heavy atom. The molecule has 0 aliphatic heterocycles. The van der Waals surface area contributed by atoms with E-state index >= 15 is 0 Å². The van der Waals surface area contributed by atoms with E-state index in [4.69, 9.17) is 16.3 Å². The van der Waals surface area contributed by atoms with Crippen molar-refractivity contribution in [3.05, 3.63) is 59.1 Å². The number of hydrogen-bond acceptors (Lipinski definition) is 2. The Hall–Kier alpha value is -2.64. The molecule has 0 spiro atoms. The van der Waals surface area contributed by atoms with Crippen molar-refractivity contribution in [2.45, 2.75) is 6.92 Å². The van der Waals surface area contributed by atoms with E-state index in [2.05, 4.69) is 22.5 Å². The second kappa shape index (κ2) is 8.72. The number of amides is 2. The van der Waals surface area contributed by atoms with Crippen molar-refractivity contribution in [2.24, 2.45) is 0 Å². The molecular formula is C18H17ClN2O2. The Balaban J connectivity index is 1.79. The van der Waals surface area contributed by atoms with Crippen molar-refractivity contribution >= 4 is 23.3 Å². The summed E-state index contributed by atoms with van der Waals surface area (Å²) in [5.41, 5.74) is 1.50. The number of urea groups is 1. The van der Waals surface area contributed by atoms with Gasteiger partial charge in [0, 0.05) is 16.3 Å². The number of anilines is 1. The number of rotatable bonds is 4. The van der Waals surface area contributed by atoms with Gasteiger partial charge in [-0.15, -0.1) is 0 Å². The van der Waals surface area contributed by atoms with Gasteiger partial charge in [0.2, 0.25) is 0 Å². The van der Waals surface area contributed by atoms with E-state index in [9.17, 15) is 4.79 Å². The topological polar surface area (TPSA) is 50.4 Å². The average Bonchev–Trinajstić information content (AvgIpc) is 2.54. The third-order valence-corrected chi connectivity index (χ3v) is 3.05. The monoisotopic (exact) mass is 328 g/mol. The van der Waals surface area contributed by atoms with E-state index in [1.165, 1.54) is 0 Å². The smallest absolute Gasteiger partial charge is 0.319 e. The predicted molar refractivity (Wildman–Crippen MR) is 93.0 cm³/mol. The van der Waals surface area contributed by atoms with Gasteiger partial charge in [0.05, 0.1) is 13.2 Å². The van der Waals surface area contributed by atoms with Crippen LogP contribution in [0.15, 0.2) is 48.5 Å². The molecule has 0 fully saturated rings.